The van der Waals surface area contributed by atoms with Crippen LogP contribution in [-0.4, -0.2) is 30.7 Å². The van der Waals surface area contributed by atoms with Crippen LogP contribution in [0.4, 0.5) is 0 Å². The summed E-state index contributed by atoms with van der Waals surface area (Å²) in [5, 5.41) is 3.21. The lowest BCUT2D eigenvalue weighted by Gasteiger charge is -2.18. The molecule has 0 spiro atoms. The summed E-state index contributed by atoms with van der Waals surface area (Å²) in [7, 11) is 0. The van der Waals surface area contributed by atoms with E-state index in [9.17, 15) is 9.59 Å². The number of carbonyl (C=O) groups excluding carboxylic acids is 2. The van der Waals surface area contributed by atoms with Crippen molar-refractivity contribution in [2.24, 2.45) is 0 Å². The van der Waals surface area contributed by atoms with Gasteiger partial charge >= 0.3 is 5.97 Å². The second-order valence-electron chi connectivity index (χ2n) is 7.10. The highest BCUT2D eigenvalue weighted by atomic mass is 35.5. The number of ether oxygens (including phenoxy) is 3. The van der Waals surface area contributed by atoms with Gasteiger partial charge in [-0.1, -0.05) is 41.9 Å². The smallest absolute Gasteiger partial charge is 0.344 e. The number of esters is 1. The fraction of sp³-hybridized carbons (Fsp3) is 0.333. The average molecular weight is 404 g/mol. The van der Waals surface area contributed by atoms with Gasteiger partial charge in [-0.05, 0) is 31.5 Å². The molecule has 6 nitrogen and oxygen atoms in total. The van der Waals surface area contributed by atoms with E-state index in [0.717, 1.165) is 17.5 Å². The van der Waals surface area contributed by atoms with Crippen molar-refractivity contribution in [2.45, 2.75) is 32.4 Å². The largest absolute Gasteiger partial charge is 0.483 e. The molecule has 1 heterocycles. The van der Waals surface area contributed by atoms with E-state index in [4.69, 9.17) is 25.8 Å². The van der Waals surface area contributed by atoms with Gasteiger partial charge in [-0.25, -0.2) is 4.79 Å². The molecule has 0 bridgehead atoms. The summed E-state index contributed by atoms with van der Waals surface area (Å²) in [5.41, 5.74) is 1.52. The van der Waals surface area contributed by atoms with Crippen LogP contribution < -0.4 is 14.8 Å². The molecule has 1 amide bonds. The highest BCUT2D eigenvalue weighted by Gasteiger charge is 2.32. The Morgan fingerprint density at radius 1 is 1.14 bits per heavy atom. The first-order valence-corrected chi connectivity index (χ1v) is 9.31. The molecule has 0 aliphatic carbocycles. The molecule has 7 heteroatoms. The minimum absolute atomic E-state index is 0.260. The maximum absolute atomic E-state index is 11.9. The summed E-state index contributed by atoms with van der Waals surface area (Å²) < 4.78 is 16.4. The van der Waals surface area contributed by atoms with E-state index in [-0.39, 0.29) is 25.4 Å². The van der Waals surface area contributed by atoms with Gasteiger partial charge in [0.25, 0.3) is 5.91 Å². The van der Waals surface area contributed by atoms with E-state index in [1.54, 1.807) is 12.1 Å². The van der Waals surface area contributed by atoms with Crippen LogP contribution in [0.3, 0.4) is 0 Å². The number of nitrogens with one attached hydrogen (secondary N) is 1. The number of halogens is 1. The molecule has 0 saturated carbocycles. The summed E-state index contributed by atoms with van der Waals surface area (Å²) in [6.07, 6.45) is 0.773. The van der Waals surface area contributed by atoms with Crippen molar-refractivity contribution >= 4 is 23.5 Å². The minimum Gasteiger partial charge on any atom is -0.483 e. The summed E-state index contributed by atoms with van der Waals surface area (Å²) in [6, 6.07) is 12.8. The molecule has 1 aliphatic rings. The second-order valence-corrected chi connectivity index (χ2v) is 7.51. The van der Waals surface area contributed by atoms with E-state index in [0.29, 0.717) is 16.5 Å². The van der Waals surface area contributed by atoms with Gasteiger partial charge in [-0.15, -0.1) is 0 Å². The van der Waals surface area contributed by atoms with Gasteiger partial charge in [0.2, 0.25) is 0 Å². The molecule has 0 unspecified atom stereocenters. The Labute approximate surface area is 168 Å². The molecule has 0 atom stereocenters. The predicted molar refractivity (Wildman–Crippen MR) is 105 cm³/mol. The van der Waals surface area contributed by atoms with Crippen LogP contribution in [-0.2, 0) is 27.3 Å². The molecule has 0 radical (unpaired) electrons. The van der Waals surface area contributed by atoms with E-state index in [1.807, 2.05) is 44.2 Å². The van der Waals surface area contributed by atoms with E-state index >= 15 is 0 Å². The molecule has 2 aromatic carbocycles. The molecule has 1 aliphatic heterocycles. The maximum Gasteiger partial charge on any atom is 0.344 e. The number of para-hydroxylation sites is 1. The first kappa shape index (κ1) is 20.0. The van der Waals surface area contributed by atoms with Crippen molar-refractivity contribution in [1.29, 1.82) is 0 Å². The van der Waals surface area contributed by atoms with E-state index < -0.39 is 11.9 Å². The van der Waals surface area contributed by atoms with Crippen LogP contribution in [0.25, 0.3) is 0 Å². The SMILES string of the molecule is CC1(C)Cc2cccc(OCC(=O)OCC(=O)NCc3ccccc3Cl)c2O1. The van der Waals surface area contributed by atoms with Crippen LogP contribution in [0.2, 0.25) is 5.02 Å². The van der Waals surface area contributed by atoms with Crippen LogP contribution >= 0.6 is 11.6 Å². The van der Waals surface area contributed by atoms with Gasteiger partial charge < -0.3 is 19.5 Å². The molecular formula is C21H22ClNO5. The van der Waals surface area contributed by atoms with Gasteiger partial charge in [-0.3, -0.25) is 4.79 Å². The lowest BCUT2D eigenvalue weighted by atomic mass is 10.0. The third kappa shape index (κ3) is 5.16. The summed E-state index contributed by atoms with van der Waals surface area (Å²) in [6.45, 7) is 3.55. The summed E-state index contributed by atoms with van der Waals surface area (Å²) in [4.78, 5) is 23.7. The summed E-state index contributed by atoms with van der Waals surface area (Å²) >= 11 is 6.03. The molecule has 0 fully saturated rings. The molecule has 0 aromatic heterocycles. The third-order valence-electron chi connectivity index (χ3n) is 4.20. The molecule has 0 saturated heterocycles. The highest BCUT2D eigenvalue weighted by Crippen LogP contribution is 2.41. The second kappa shape index (κ2) is 8.52. The van der Waals surface area contributed by atoms with Crippen molar-refractivity contribution in [3.63, 3.8) is 0 Å². The van der Waals surface area contributed by atoms with Crippen LogP contribution in [0.1, 0.15) is 25.0 Å². The Hall–Kier alpha value is -2.73. The minimum atomic E-state index is -0.636. The quantitative estimate of drug-likeness (QED) is 0.718. The summed E-state index contributed by atoms with van der Waals surface area (Å²) in [5.74, 6) is 0.0858. The number of carbonyl (C=O) groups is 2. The molecule has 1 N–H and O–H groups in total. The zero-order valence-corrected chi connectivity index (χ0v) is 16.5. The third-order valence-corrected chi connectivity index (χ3v) is 4.57. The Morgan fingerprint density at radius 3 is 2.71 bits per heavy atom. The normalized spacial score (nSPS) is 14.0. The molecule has 2 aromatic rings. The number of rotatable bonds is 7. The molecule has 3 rings (SSSR count). The number of hydrogen-bond donors (Lipinski definition) is 1. The fourth-order valence-corrected chi connectivity index (χ4v) is 3.11. The van der Waals surface area contributed by atoms with Gasteiger partial charge in [-0.2, -0.15) is 0 Å². The van der Waals surface area contributed by atoms with E-state index in [2.05, 4.69) is 5.32 Å². The zero-order chi connectivity index (χ0) is 20.1. The van der Waals surface area contributed by atoms with Gasteiger partial charge in [0, 0.05) is 23.6 Å². The predicted octanol–water partition coefficient (Wildman–Crippen LogP) is 3.29. The maximum atomic E-state index is 11.9. The van der Waals surface area contributed by atoms with Gasteiger partial charge in [0.15, 0.2) is 24.7 Å². The lowest BCUT2D eigenvalue weighted by Crippen LogP contribution is -2.29. The van der Waals surface area contributed by atoms with Crippen molar-refractivity contribution in [3.8, 4) is 11.5 Å². The monoisotopic (exact) mass is 403 g/mol. The highest BCUT2D eigenvalue weighted by molar-refractivity contribution is 6.31. The topological polar surface area (TPSA) is 73.9 Å². The van der Waals surface area contributed by atoms with Crippen LogP contribution in [0.5, 0.6) is 11.5 Å². The molecular weight excluding hydrogens is 382 g/mol. The van der Waals surface area contributed by atoms with Crippen molar-refractivity contribution < 1.29 is 23.8 Å². The molecule has 148 valence electrons. The Morgan fingerprint density at radius 2 is 1.93 bits per heavy atom. The fourth-order valence-electron chi connectivity index (χ4n) is 2.91. The Balaban J connectivity index is 1.43. The van der Waals surface area contributed by atoms with Gasteiger partial charge in [0.05, 0.1) is 0 Å². The Kier molecular flexibility index (Phi) is 6.09. The Bertz CT molecular complexity index is 881. The first-order chi connectivity index (χ1) is 13.3. The van der Waals surface area contributed by atoms with Crippen LogP contribution in [0, 0.1) is 0 Å². The van der Waals surface area contributed by atoms with Crippen LogP contribution in [0.15, 0.2) is 42.5 Å². The first-order valence-electron chi connectivity index (χ1n) is 8.93. The zero-order valence-electron chi connectivity index (χ0n) is 15.8. The van der Waals surface area contributed by atoms with Crippen molar-refractivity contribution in [1.82, 2.24) is 5.32 Å². The standard InChI is InChI=1S/C21H22ClNO5/c1-21(2)10-14-7-5-9-17(20(14)28-21)26-13-19(25)27-12-18(24)23-11-15-6-3-4-8-16(15)22/h3-9H,10-13H2,1-2H3,(H,23,24). The average Bonchev–Trinajstić information content (AvgIpc) is 2.98. The molecule has 28 heavy (non-hydrogen) atoms. The number of hydrogen-bond acceptors (Lipinski definition) is 5. The number of benzene rings is 2. The van der Waals surface area contributed by atoms with Crippen molar-refractivity contribution in [2.75, 3.05) is 13.2 Å². The van der Waals surface area contributed by atoms with E-state index in [1.165, 1.54) is 0 Å². The number of fused-ring (bicyclic) bond motifs is 1. The number of amides is 1. The van der Waals surface area contributed by atoms with Gasteiger partial charge in [0.1, 0.15) is 5.60 Å². The van der Waals surface area contributed by atoms with Crippen molar-refractivity contribution in [3.05, 3.63) is 58.6 Å². The lowest BCUT2D eigenvalue weighted by molar-refractivity contribution is -0.150.